The fourth-order valence-corrected chi connectivity index (χ4v) is 2.19. The van der Waals surface area contributed by atoms with Gasteiger partial charge in [-0.3, -0.25) is 9.59 Å². The standard InChI is InChI=1S/C13H13ClF3NO3S/c1-2-21-12(20)7-22-6-11(19)18-10-5-8(13(15,16)17)3-4-9(10)14/h3-5H,2,6-7H2,1H3,(H,18,19). The van der Waals surface area contributed by atoms with Crippen LogP contribution in [0.2, 0.25) is 5.02 Å². The molecule has 0 spiro atoms. The molecular weight excluding hydrogens is 343 g/mol. The highest BCUT2D eigenvalue weighted by Gasteiger charge is 2.31. The number of alkyl halides is 3. The second-order valence-electron chi connectivity index (χ2n) is 4.04. The molecule has 122 valence electrons. The Balaban J connectivity index is 2.59. The van der Waals surface area contributed by atoms with E-state index >= 15 is 0 Å². The van der Waals surface area contributed by atoms with E-state index in [1.807, 2.05) is 0 Å². The summed E-state index contributed by atoms with van der Waals surface area (Å²) in [7, 11) is 0. The van der Waals surface area contributed by atoms with E-state index in [9.17, 15) is 22.8 Å². The van der Waals surface area contributed by atoms with Crippen LogP contribution >= 0.6 is 23.4 Å². The number of amides is 1. The van der Waals surface area contributed by atoms with Crippen LogP contribution in [0.4, 0.5) is 18.9 Å². The Morgan fingerprint density at radius 1 is 1.32 bits per heavy atom. The normalized spacial score (nSPS) is 11.1. The maximum atomic E-state index is 12.6. The van der Waals surface area contributed by atoms with Gasteiger partial charge in [-0.15, -0.1) is 11.8 Å². The summed E-state index contributed by atoms with van der Waals surface area (Å²) in [5, 5.41) is 2.28. The lowest BCUT2D eigenvalue weighted by Gasteiger charge is -2.11. The number of carbonyl (C=O) groups is 2. The van der Waals surface area contributed by atoms with Crippen molar-refractivity contribution in [2.24, 2.45) is 0 Å². The quantitative estimate of drug-likeness (QED) is 0.792. The minimum Gasteiger partial charge on any atom is -0.465 e. The SMILES string of the molecule is CCOC(=O)CSCC(=O)Nc1cc(C(F)(F)F)ccc1Cl. The molecule has 0 aliphatic heterocycles. The third-order valence-electron chi connectivity index (χ3n) is 2.33. The van der Waals surface area contributed by atoms with Gasteiger partial charge in [0.05, 0.1) is 34.4 Å². The molecule has 0 aromatic heterocycles. The van der Waals surface area contributed by atoms with Crippen LogP contribution in [-0.4, -0.2) is 30.0 Å². The molecule has 0 heterocycles. The van der Waals surface area contributed by atoms with Crippen LogP contribution in [-0.2, 0) is 20.5 Å². The number of esters is 1. The van der Waals surface area contributed by atoms with Crippen molar-refractivity contribution in [3.63, 3.8) is 0 Å². The predicted octanol–water partition coefficient (Wildman–Crippen LogP) is 3.59. The summed E-state index contributed by atoms with van der Waals surface area (Å²) in [6.45, 7) is 1.90. The Bertz CT molecular complexity index is 552. The zero-order chi connectivity index (χ0) is 16.8. The van der Waals surface area contributed by atoms with Gasteiger partial charge in [0.2, 0.25) is 5.91 Å². The van der Waals surface area contributed by atoms with Gasteiger partial charge >= 0.3 is 12.1 Å². The number of thioether (sulfide) groups is 1. The topological polar surface area (TPSA) is 55.4 Å². The summed E-state index contributed by atoms with van der Waals surface area (Å²) in [6, 6.07) is 2.65. The molecule has 0 atom stereocenters. The van der Waals surface area contributed by atoms with Gasteiger partial charge in [-0.1, -0.05) is 11.6 Å². The van der Waals surface area contributed by atoms with Crippen molar-refractivity contribution in [3.8, 4) is 0 Å². The first-order chi connectivity index (χ1) is 10.2. The number of ether oxygens (including phenoxy) is 1. The number of hydrogen-bond acceptors (Lipinski definition) is 4. The van der Waals surface area contributed by atoms with Gasteiger partial charge in [-0.05, 0) is 25.1 Å². The fourth-order valence-electron chi connectivity index (χ4n) is 1.41. The molecule has 1 rings (SSSR count). The Kier molecular flexibility index (Phi) is 7.02. The lowest BCUT2D eigenvalue weighted by Crippen LogP contribution is -2.17. The van der Waals surface area contributed by atoms with Crippen molar-refractivity contribution in [2.75, 3.05) is 23.4 Å². The van der Waals surface area contributed by atoms with Crippen LogP contribution < -0.4 is 5.32 Å². The van der Waals surface area contributed by atoms with Crippen LogP contribution in [0.5, 0.6) is 0 Å². The third kappa shape index (κ3) is 6.15. The van der Waals surface area contributed by atoms with E-state index in [-0.39, 0.29) is 28.8 Å². The molecule has 0 radical (unpaired) electrons. The number of carbonyl (C=O) groups excluding carboxylic acids is 2. The van der Waals surface area contributed by atoms with Gasteiger partial charge in [-0.2, -0.15) is 13.2 Å². The Morgan fingerprint density at radius 3 is 2.59 bits per heavy atom. The maximum absolute atomic E-state index is 12.6. The monoisotopic (exact) mass is 355 g/mol. The van der Waals surface area contributed by atoms with Crippen LogP contribution in [0.3, 0.4) is 0 Å². The Hall–Kier alpha value is -1.41. The second-order valence-corrected chi connectivity index (χ2v) is 5.43. The van der Waals surface area contributed by atoms with Crippen LogP contribution in [0.1, 0.15) is 12.5 Å². The van der Waals surface area contributed by atoms with Crippen molar-refractivity contribution in [1.82, 2.24) is 0 Å². The summed E-state index contributed by atoms with van der Waals surface area (Å²) in [6.07, 6.45) is -4.53. The number of halogens is 4. The number of hydrogen-bond donors (Lipinski definition) is 1. The molecule has 0 unspecified atom stereocenters. The van der Waals surface area contributed by atoms with Crippen LogP contribution in [0.15, 0.2) is 18.2 Å². The van der Waals surface area contributed by atoms with E-state index < -0.39 is 23.6 Å². The largest absolute Gasteiger partial charge is 0.465 e. The fraction of sp³-hybridized carbons (Fsp3) is 0.385. The average Bonchev–Trinajstić information content (AvgIpc) is 2.40. The summed E-state index contributed by atoms with van der Waals surface area (Å²) in [5.74, 6) is -1.14. The maximum Gasteiger partial charge on any atom is 0.416 e. The zero-order valence-corrected chi connectivity index (χ0v) is 13.1. The van der Waals surface area contributed by atoms with E-state index in [1.54, 1.807) is 6.92 Å². The molecule has 1 N–H and O–H groups in total. The molecule has 0 aliphatic carbocycles. The van der Waals surface area contributed by atoms with Crippen LogP contribution in [0.25, 0.3) is 0 Å². The molecule has 0 fully saturated rings. The Morgan fingerprint density at radius 2 is 2.00 bits per heavy atom. The molecule has 0 saturated heterocycles. The summed E-state index contributed by atoms with van der Waals surface area (Å²) >= 11 is 6.75. The lowest BCUT2D eigenvalue weighted by molar-refractivity contribution is -0.140. The molecular formula is C13H13ClF3NO3S. The molecule has 0 aliphatic rings. The summed E-state index contributed by atoms with van der Waals surface area (Å²) in [4.78, 5) is 22.7. The minimum absolute atomic E-state index is 0.00302. The van der Waals surface area contributed by atoms with Gasteiger partial charge in [0, 0.05) is 0 Å². The van der Waals surface area contributed by atoms with E-state index in [2.05, 4.69) is 10.1 Å². The van der Waals surface area contributed by atoms with E-state index in [1.165, 1.54) is 0 Å². The molecule has 9 heteroatoms. The van der Waals surface area contributed by atoms with Gasteiger partial charge in [0.25, 0.3) is 0 Å². The third-order valence-corrected chi connectivity index (χ3v) is 3.56. The Labute approximate surface area is 134 Å². The van der Waals surface area contributed by atoms with Gasteiger partial charge in [0.15, 0.2) is 0 Å². The van der Waals surface area contributed by atoms with Crippen LogP contribution in [0, 0.1) is 0 Å². The lowest BCUT2D eigenvalue weighted by atomic mass is 10.2. The second kappa shape index (κ2) is 8.28. The molecule has 22 heavy (non-hydrogen) atoms. The first-order valence-electron chi connectivity index (χ1n) is 6.14. The zero-order valence-electron chi connectivity index (χ0n) is 11.5. The molecule has 1 amide bonds. The number of rotatable bonds is 6. The van der Waals surface area contributed by atoms with Crippen molar-refractivity contribution in [1.29, 1.82) is 0 Å². The first kappa shape index (κ1) is 18.6. The molecule has 0 saturated carbocycles. The van der Waals surface area contributed by atoms with Crippen molar-refractivity contribution in [2.45, 2.75) is 13.1 Å². The van der Waals surface area contributed by atoms with Crippen molar-refractivity contribution >= 4 is 40.9 Å². The van der Waals surface area contributed by atoms with E-state index in [0.717, 1.165) is 30.0 Å². The first-order valence-corrected chi connectivity index (χ1v) is 7.67. The number of anilines is 1. The highest BCUT2D eigenvalue weighted by Crippen LogP contribution is 2.33. The van der Waals surface area contributed by atoms with Crippen molar-refractivity contribution in [3.05, 3.63) is 28.8 Å². The van der Waals surface area contributed by atoms with Gasteiger partial charge in [0.1, 0.15) is 0 Å². The predicted molar refractivity (Wildman–Crippen MR) is 79.0 cm³/mol. The highest BCUT2D eigenvalue weighted by molar-refractivity contribution is 8.00. The number of nitrogens with one attached hydrogen (secondary N) is 1. The number of benzene rings is 1. The summed E-state index contributed by atoms with van der Waals surface area (Å²) in [5.41, 5.74) is -1.04. The van der Waals surface area contributed by atoms with E-state index in [4.69, 9.17) is 11.6 Å². The van der Waals surface area contributed by atoms with Crippen molar-refractivity contribution < 1.29 is 27.5 Å². The smallest absolute Gasteiger partial charge is 0.416 e. The minimum atomic E-state index is -4.53. The molecule has 4 nitrogen and oxygen atoms in total. The highest BCUT2D eigenvalue weighted by atomic mass is 35.5. The van der Waals surface area contributed by atoms with E-state index in [0.29, 0.717) is 0 Å². The van der Waals surface area contributed by atoms with Gasteiger partial charge < -0.3 is 10.1 Å². The molecule has 1 aromatic rings. The molecule has 0 bridgehead atoms. The van der Waals surface area contributed by atoms with Gasteiger partial charge in [-0.25, -0.2) is 0 Å². The average molecular weight is 356 g/mol. The molecule has 1 aromatic carbocycles. The summed E-state index contributed by atoms with van der Waals surface area (Å²) < 4.78 is 42.4.